The predicted molar refractivity (Wildman–Crippen MR) is 77.7 cm³/mol. The van der Waals surface area contributed by atoms with Gasteiger partial charge in [-0.2, -0.15) is 0 Å². The number of aryl methyl sites for hydroxylation is 2. The van der Waals surface area contributed by atoms with Gasteiger partial charge in [0, 0.05) is 31.5 Å². The number of quaternary nitrogens is 1. The number of nitrogens with zero attached hydrogens (tertiary/aromatic N) is 1. The Kier molecular flexibility index (Phi) is 4.25. The minimum Gasteiger partial charge on any atom is -0.338 e. The van der Waals surface area contributed by atoms with Crippen LogP contribution in [0.1, 0.15) is 34.3 Å². The van der Waals surface area contributed by atoms with E-state index >= 15 is 0 Å². The van der Waals surface area contributed by atoms with Gasteiger partial charge in [-0.25, -0.2) is 0 Å². The summed E-state index contributed by atoms with van der Waals surface area (Å²) in [6.45, 7) is 6.40. The predicted octanol–water partition coefficient (Wildman–Crippen LogP) is 1.05. The van der Waals surface area contributed by atoms with Gasteiger partial charge >= 0.3 is 0 Å². The van der Waals surface area contributed by atoms with Gasteiger partial charge in [0.2, 0.25) is 0 Å². The molecule has 0 unspecified atom stereocenters. The fourth-order valence-corrected chi connectivity index (χ4v) is 2.89. The molecule has 19 heavy (non-hydrogen) atoms. The van der Waals surface area contributed by atoms with Crippen molar-refractivity contribution in [2.24, 2.45) is 0 Å². The average Bonchev–Trinajstić information content (AvgIpc) is 2.38. The first-order chi connectivity index (χ1) is 8.99. The number of nitrogens with one attached hydrogen (secondary N) is 1. The summed E-state index contributed by atoms with van der Waals surface area (Å²) < 4.78 is 0. The molecule has 1 aromatic rings. The number of hydrogen-bond donors (Lipinski definition) is 1. The molecule has 1 N–H and O–H groups in total. The first kappa shape index (κ1) is 14.1. The maximum absolute atomic E-state index is 12.6. The Bertz CT molecular complexity index is 462. The van der Waals surface area contributed by atoms with Gasteiger partial charge in [0.15, 0.2) is 0 Å². The lowest BCUT2D eigenvalue weighted by atomic mass is 10.0. The molecule has 0 radical (unpaired) electrons. The molecule has 1 aromatic carbocycles. The topological polar surface area (TPSA) is 24.8 Å². The zero-order valence-electron chi connectivity index (χ0n) is 12.5. The van der Waals surface area contributed by atoms with Gasteiger partial charge in [-0.15, -0.1) is 0 Å². The summed E-state index contributed by atoms with van der Waals surface area (Å²) in [4.78, 5) is 16.1. The van der Waals surface area contributed by atoms with Gasteiger partial charge < -0.3 is 9.80 Å². The lowest BCUT2D eigenvalue weighted by Gasteiger charge is -2.33. The fraction of sp³-hybridized carbons (Fsp3) is 0.562. The van der Waals surface area contributed by atoms with E-state index in [0.717, 1.165) is 37.1 Å². The van der Waals surface area contributed by atoms with Crippen molar-refractivity contribution in [2.75, 3.05) is 27.2 Å². The summed E-state index contributed by atoms with van der Waals surface area (Å²) in [7, 11) is 4.18. The Morgan fingerprint density at radius 2 is 1.89 bits per heavy atom. The van der Waals surface area contributed by atoms with Gasteiger partial charge in [0.1, 0.15) is 0 Å². The van der Waals surface area contributed by atoms with Crippen LogP contribution in [0.2, 0.25) is 0 Å². The average molecular weight is 261 g/mol. The molecule has 0 bridgehead atoms. The second-order valence-electron chi connectivity index (χ2n) is 5.92. The first-order valence-corrected chi connectivity index (χ1v) is 7.14. The van der Waals surface area contributed by atoms with Crippen LogP contribution in [-0.2, 0) is 0 Å². The van der Waals surface area contributed by atoms with Gasteiger partial charge in [-0.3, -0.25) is 4.79 Å². The van der Waals surface area contributed by atoms with E-state index in [-0.39, 0.29) is 5.91 Å². The normalized spacial score (nSPS) is 23.2. The lowest BCUT2D eigenvalue weighted by Crippen LogP contribution is -3.10. The molecule has 2 rings (SSSR count). The van der Waals surface area contributed by atoms with Crippen LogP contribution in [0.4, 0.5) is 0 Å². The third-order valence-corrected chi connectivity index (χ3v) is 4.29. The van der Waals surface area contributed by atoms with E-state index in [9.17, 15) is 4.79 Å². The molecule has 1 heterocycles. The van der Waals surface area contributed by atoms with Crippen LogP contribution in [0.5, 0.6) is 0 Å². The van der Waals surface area contributed by atoms with Crippen molar-refractivity contribution in [2.45, 2.75) is 32.7 Å². The molecule has 0 spiro atoms. The van der Waals surface area contributed by atoms with Crippen LogP contribution in [0.15, 0.2) is 18.2 Å². The molecule has 3 nitrogen and oxygen atoms in total. The van der Waals surface area contributed by atoms with Crippen LogP contribution in [0, 0.1) is 13.8 Å². The van der Waals surface area contributed by atoms with Crippen molar-refractivity contribution in [1.29, 1.82) is 0 Å². The van der Waals surface area contributed by atoms with Crippen molar-refractivity contribution in [1.82, 2.24) is 4.90 Å². The van der Waals surface area contributed by atoms with E-state index in [1.54, 1.807) is 4.90 Å². The first-order valence-electron chi connectivity index (χ1n) is 7.14. The molecule has 0 saturated carbocycles. The second-order valence-corrected chi connectivity index (χ2v) is 5.92. The summed E-state index contributed by atoms with van der Waals surface area (Å²) in [5.41, 5.74) is 3.13. The number of carbonyl (C=O) groups excluding carboxylic acids is 1. The molecule has 1 aliphatic heterocycles. The molecule has 0 aliphatic carbocycles. The number of carbonyl (C=O) groups is 1. The zero-order valence-corrected chi connectivity index (χ0v) is 12.5. The number of piperidine rings is 1. The Hall–Kier alpha value is -1.35. The van der Waals surface area contributed by atoms with Crippen molar-refractivity contribution in [3.63, 3.8) is 0 Å². The quantitative estimate of drug-likeness (QED) is 0.846. The largest absolute Gasteiger partial charge is 0.338 e. The minimum atomic E-state index is 0.169. The Morgan fingerprint density at radius 1 is 1.26 bits per heavy atom. The fourth-order valence-electron chi connectivity index (χ4n) is 2.89. The summed E-state index contributed by atoms with van der Waals surface area (Å²) in [5.74, 6) is 0.169. The Labute approximate surface area is 116 Å². The SMILES string of the molecule is Cc1ccc(C(=O)N(C)C2CC[NH+](C)CC2)c(C)c1. The van der Waals surface area contributed by atoms with E-state index in [0.29, 0.717) is 6.04 Å². The van der Waals surface area contributed by atoms with E-state index < -0.39 is 0 Å². The molecule has 0 aromatic heterocycles. The van der Waals surface area contributed by atoms with Crippen molar-refractivity contribution in [3.05, 3.63) is 34.9 Å². The highest BCUT2D eigenvalue weighted by Gasteiger charge is 2.27. The van der Waals surface area contributed by atoms with Crippen molar-refractivity contribution in [3.8, 4) is 0 Å². The third kappa shape index (κ3) is 3.16. The maximum atomic E-state index is 12.6. The molecule has 1 saturated heterocycles. The van der Waals surface area contributed by atoms with E-state index in [1.165, 1.54) is 5.56 Å². The third-order valence-electron chi connectivity index (χ3n) is 4.29. The standard InChI is InChI=1S/C16H24N2O/c1-12-5-6-15(13(2)11-12)16(19)18(4)14-7-9-17(3)10-8-14/h5-6,11,14H,7-10H2,1-4H3/p+1. The Balaban J connectivity index is 2.10. The monoisotopic (exact) mass is 261 g/mol. The number of benzene rings is 1. The molecular formula is C16H25N2O+. The molecule has 1 fully saturated rings. The number of amides is 1. The lowest BCUT2D eigenvalue weighted by molar-refractivity contribution is -0.885. The molecule has 1 amide bonds. The van der Waals surface area contributed by atoms with E-state index in [4.69, 9.17) is 0 Å². The highest BCUT2D eigenvalue weighted by Crippen LogP contribution is 2.16. The second kappa shape index (κ2) is 5.74. The molecule has 0 atom stereocenters. The van der Waals surface area contributed by atoms with Gasteiger partial charge in [0.05, 0.1) is 20.1 Å². The molecule has 3 heteroatoms. The maximum Gasteiger partial charge on any atom is 0.254 e. The summed E-state index contributed by atoms with van der Waals surface area (Å²) in [5, 5.41) is 0. The Morgan fingerprint density at radius 3 is 2.47 bits per heavy atom. The molecule has 104 valence electrons. The zero-order chi connectivity index (χ0) is 14.0. The van der Waals surface area contributed by atoms with Crippen LogP contribution < -0.4 is 4.90 Å². The van der Waals surface area contributed by atoms with Gasteiger partial charge in [-0.1, -0.05) is 17.7 Å². The van der Waals surface area contributed by atoms with Crippen LogP contribution in [0.25, 0.3) is 0 Å². The summed E-state index contributed by atoms with van der Waals surface area (Å²) >= 11 is 0. The minimum absolute atomic E-state index is 0.169. The van der Waals surface area contributed by atoms with Gasteiger partial charge in [0.25, 0.3) is 5.91 Å². The highest BCUT2D eigenvalue weighted by atomic mass is 16.2. The van der Waals surface area contributed by atoms with Crippen LogP contribution >= 0.6 is 0 Å². The number of hydrogen-bond acceptors (Lipinski definition) is 1. The molecule has 1 aliphatic rings. The molecular weight excluding hydrogens is 236 g/mol. The summed E-state index contributed by atoms with van der Waals surface area (Å²) in [6, 6.07) is 6.47. The van der Waals surface area contributed by atoms with Crippen LogP contribution in [-0.4, -0.2) is 44.0 Å². The smallest absolute Gasteiger partial charge is 0.254 e. The number of rotatable bonds is 2. The van der Waals surface area contributed by atoms with Crippen molar-refractivity contribution < 1.29 is 9.69 Å². The van der Waals surface area contributed by atoms with Crippen molar-refractivity contribution >= 4 is 5.91 Å². The van der Waals surface area contributed by atoms with E-state index in [2.05, 4.69) is 20.0 Å². The summed E-state index contributed by atoms with van der Waals surface area (Å²) in [6.07, 6.45) is 2.22. The van der Waals surface area contributed by atoms with E-state index in [1.807, 2.05) is 31.0 Å². The van der Waals surface area contributed by atoms with Gasteiger partial charge in [-0.05, 0) is 25.5 Å². The number of likely N-dealkylation sites (tertiary alicyclic amines) is 1. The highest BCUT2D eigenvalue weighted by molar-refractivity contribution is 5.95. The van der Waals surface area contributed by atoms with Crippen LogP contribution in [0.3, 0.4) is 0 Å².